The quantitative estimate of drug-likeness (QED) is 0.716. The van der Waals surface area contributed by atoms with Gasteiger partial charge in [0.05, 0.1) is 12.6 Å². The van der Waals surface area contributed by atoms with Gasteiger partial charge in [-0.05, 0) is 31.0 Å². The molecule has 0 bridgehead atoms. The lowest BCUT2D eigenvalue weighted by Crippen LogP contribution is -2.36. The monoisotopic (exact) mass is 377 g/mol. The Morgan fingerprint density at radius 2 is 2.17 bits per heavy atom. The maximum atomic E-state index is 12.3. The van der Waals surface area contributed by atoms with Gasteiger partial charge >= 0.3 is 0 Å². The van der Waals surface area contributed by atoms with Crippen molar-refractivity contribution in [2.24, 2.45) is 0 Å². The molecular weight excluding hydrogens is 362 g/mol. The number of H-pyrrole nitrogens is 1. The summed E-state index contributed by atoms with van der Waals surface area (Å²) in [5.74, 6) is 0.626. The van der Waals surface area contributed by atoms with E-state index >= 15 is 0 Å². The second kappa shape index (κ2) is 5.74. The number of fused-ring (bicyclic) bond motifs is 3. The van der Waals surface area contributed by atoms with E-state index in [0.717, 1.165) is 35.8 Å². The molecule has 3 heterocycles. The van der Waals surface area contributed by atoms with Gasteiger partial charge in [-0.1, -0.05) is 15.9 Å². The third kappa shape index (κ3) is 2.80. The molecule has 0 aliphatic carbocycles. The van der Waals surface area contributed by atoms with Crippen LogP contribution in [-0.2, 0) is 6.54 Å². The SMILES string of the molecule is O=c1[nH]c(CN2CCC(O)CC2)nc2c1oc1ccc(Br)cc12. The molecule has 1 aliphatic rings. The Balaban J connectivity index is 1.75. The second-order valence-corrected chi connectivity index (χ2v) is 6.86. The maximum Gasteiger partial charge on any atom is 0.294 e. The molecular formula is C16H16BrN3O3. The predicted octanol–water partition coefficient (Wildman–Crippen LogP) is 2.39. The number of aliphatic hydroxyl groups excluding tert-OH is 1. The summed E-state index contributed by atoms with van der Waals surface area (Å²) in [6.45, 7) is 2.18. The maximum absolute atomic E-state index is 12.3. The van der Waals surface area contributed by atoms with Gasteiger partial charge in [-0.2, -0.15) is 0 Å². The average Bonchev–Trinajstić information content (AvgIpc) is 2.88. The van der Waals surface area contributed by atoms with E-state index in [9.17, 15) is 9.90 Å². The van der Waals surface area contributed by atoms with Crippen LogP contribution in [0, 0.1) is 0 Å². The molecule has 2 N–H and O–H groups in total. The third-order valence-corrected chi connectivity index (χ3v) is 4.76. The molecule has 7 heteroatoms. The van der Waals surface area contributed by atoms with Gasteiger partial charge in [-0.3, -0.25) is 9.69 Å². The van der Waals surface area contributed by atoms with Crippen LogP contribution in [-0.4, -0.2) is 39.2 Å². The minimum Gasteiger partial charge on any atom is -0.449 e. The smallest absolute Gasteiger partial charge is 0.294 e. The van der Waals surface area contributed by atoms with Crippen LogP contribution in [0.3, 0.4) is 0 Å². The van der Waals surface area contributed by atoms with Gasteiger partial charge in [0.2, 0.25) is 5.58 Å². The molecule has 120 valence electrons. The summed E-state index contributed by atoms with van der Waals surface area (Å²) in [6.07, 6.45) is 1.30. The van der Waals surface area contributed by atoms with E-state index in [-0.39, 0.29) is 17.2 Å². The van der Waals surface area contributed by atoms with E-state index in [1.54, 1.807) is 0 Å². The molecule has 1 aromatic carbocycles. The zero-order chi connectivity index (χ0) is 16.0. The molecule has 1 saturated heterocycles. The predicted molar refractivity (Wildman–Crippen MR) is 90.4 cm³/mol. The molecule has 0 atom stereocenters. The number of furan rings is 1. The van der Waals surface area contributed by atoms with Gasteiger partial charge in [0.25, 0.3) is 5.56 Å². The largest absolute Gasteiger partial charge is 0.449 e. The van der Waals surface area contributed by atoms with E-state index in [0.29, 0.717) is 23.5 Å². The fraction of sp³-hybridized carbons (Fsp3) is 0.375. The lowest BCUT2D eigenvalue weighted by atomic mass is 10.1. The van der Waals surface area contributed by atoms with Crippen LogP contribution in [0.1, 0.15) is 18.7 Å². The van der Waals surface area contributed by atoms with Crippen LogP contribution in [0.25, 0.3) is 22.1 Å². The van der Waals surface area contributed by atoms with Crippen LogP contribution in [0.2, 0.25) is 0 Å². The first-order valence-electron chi connectivity index (χ1n) is 7.61. The van der Waals surface area contributed by atoms with Gasteiger partial charge in [-0.25, -0.2) is 4.98 Å². The Morgan fingerprint density at radius 3 is 2.96 bits per heavy atom. The Bertz CT molecular complexity index is 925. The highest BCUT2D eigenvalue weighted by Gasteiger charge is 2.19. The van der Waals surface area contributed by atoms with Crippen LogP contribution in [0.15, 0.2) is 31.9 Å². The number of nitrogens with zero attached hydrogens (tertiary/aromatic N) is 2. The lowest BCUT2D eigenvalue weighted by Gasteiger charge is -2.28. The average molecular weight is 378 g/mol. The number of aromatic nitrogens is 2. The van der Waals surface area contributed by atoms with Crippen LogP contribution >= 0.6 is 15.9 Å². The van der Waals surface area contributed by atoms with Gasteiger partial charge in [0.15, 0.2) is 0 Å². The van der Waals surface area contributed by atoms with E-state index in [1.165, 1.54) is 0 Å². The molecule has 3 aromatic rings. The first kappa shape index (κ1) is 14.9. The molecule has 4 rings (SSSR count). The summed E-state index contributed by atoms with van der Waals surface area (Å²) in [7, 11) is 0. The van der Waals surface area contributed by atoms with Crippen molar-refractivity contribution >= 4 is 38.0 Å². The molecule has 6 nitrogen and oxygen atoms in total. The van der Waals surface area contributed by atoms with Crippen molar-refractivity contribution < 1.29 is 9.52 Å². The number of nitrogens with one attached hydrogen (secondary N) is 1. The van der Waals surface area contributed by atoms with Gasteiger partial charge < -0.3 is 14.5 Å². The summed E-state index contributed by atoms with van der Waals surface area (Å²) in [5.41, 5.74) is 1.25. The van der Waals surface area contributed by atoms with Gasteiger partial charge in [-0.15, -0.1) is 0 Å². The number of halogens is 1. The van der Waals surface area contributed by atoms with E-state index in [2.05, 4.69) is 30.8 Å². The Kier molecular flexibility index (Phi) is 3.71. The van der Waals surface area contributed by atoms with Crippen molar-refractivity contribution in [2.45, 2.75) is 25.5 Å². The van der Waals surface area contributed by atoms with E-state index < -0.39 is 0 Å². The summed E-state index contributed by atoms with van der Waals surface area (Å²) in [4.78, 5) is 21.9. The number of piperidine rings is 1. The highest BCUT2D eigenvalue weighted by molar-refractivity contribution is 9.10. The van der Waals surface area contributed by atoms with Crippen molar-refractivity contribution in [3.05, 3.63) is 38.9 Å². The number of likely N-dealkylation sites (tertiary alicyclic amines) is 1. The Hall–Kier alpha value is -1.70. The van der Waals surface area contributed by atoms with Crippen molar-refractivity contribution in [3.8, 4) is 0 Å². The fourth-order valence-corrected chi connectivity index (χ4v) is 3.40. The van der Waals surface area contributed by atoms with Crippen molar-refractivity contribution in [2.75, 3.05) is 13.1 Å². The second-order valence-electron chi connectivity index (χ2n) is 5.94. The van der Waals surface area contributed by atoms with E-state index in [1.807, 2.05) is 18.2 Å². The topological polar surface area (TPSA) is 82.4 Å². The number of hydrogen-bond acceptors (Lipinski definition) is 5. The number of aliphatic hydroxyl groups is 1. The number of benzene rings is 1. The van der Waals surface area contributed by atoms with Gasteiger partial charge in [0, 0.05) is 22.9 Å². The molecule has 2 aromatic heterocycles. The molecule has 0 unspecified atom stereocenters. The Labute approximate surface area is 140 Å². The third-order valence-electron chi connectivity index (χ3n) is 4.27. The molecule has 1 fully saturated rings. The van der Waals surface area contributed by atoms with Gasteiger partial charge in [0.1, 0.15) is 16.9 Å². The molecule has 0 amide bonds. The molecule has 0 radical (unpaired) electrons. The molecule has 0 saturated carbocycles. The molecule has 0 spiro atoms. The zero-order valence-electron chi connectivity index (χ0n) is 12.4. The summed E-state index contributed by atoms with van der Waals surface area (Å²) >= 11 is 3.44. The van der Waals surface area contributed by atoms with Crippen LogP contribution in [0.4, 0.5) is 0 Å². The summed E-state index contributed by atoms with van der Waals surface area (Å²) < 4.78 is 6.54. The zero-order valence-corrected chi connectivity index (χ0v) is 14.0. The first-order valence-corrected chi connectivity index (χ1v) is 8.41. The summed E-state index contributed by atoms with van der Waals surface area (Å²) in [5, 5.41) is 10.4. The fourth-order valence-electron chi connectivity index (χ4n) is 3.04. The highest BCUT2D eigenvalue weighted by Crippen LogP contribution is 2.28. The van der Waals surface area contributed by atoms with E-state index in [4.69, 9.17) is 4.42 Å². The number of aromatic amines is 1. The standard InChI is InChI=1S/C16H16BrN3O3/c17-9-1-2-12-11(7-9)14-15(23-12)16(22)19-13(18-14)8-20-5-3-10(21)4-6-20/h1-2,7,10,21H,3-6,8H2,(H,18,19,22). The minimum absolute atomic E-state index is 0.212. The molecule has 23 heavy (non-hydrogen) atoms. The first-order chi connectivity index (χ1) is 11.1. The van der Waals surface area contributed by atoms with Crippen molar-refractivity contribution in [1.29, 1.82) is 0 Å². The van der Waals surface area contributed by atoms with Crippen molar-refractivity contribution in [3.63, 3.8) is 0 Å². The highest BCUT2D eigenvalue weighted by atomic mass is 79.9. The minimum atomic E-state index is -0.255. The summed E-state index contributed by atoms with van der Waals surface area (Å²) in [6, 6.07) is 5.61. The van der Waals surface area contributed by atoms with Crippen LogP contribution < -0.4 is 5.56 Å². The normalized spacial score (nSPS) is 17.3. The number of rotatable bonds is 2. The van der Waals surface area contributed by atoms with Crippen molar-refractivity contribution in [1.82, 2.24) is 14.9 Å². The van der Waals surface area contributed by atoms with Crippen LogP contribution in [0.5, 0.6) is 0 Å². The molecule has 1 aliphatic heterocycles. The lowest BCUT2D eigenvalue weighted by molar-refractivity contribution is 0.0780. The Morgan fingerprint density at radius 1 is 1.39 bits per heavy atom. The number of hydrogen-bond donors (Lipinski definition) is 2.